The normalized spacial score (nSPS) is 13.5. The average Bonchev–Trinajstić information content (AvgIpc) is 3.33. The highest BCUT2D eigenvalue weighted by Crippen LogP contribution is 2.23. The number of halogens is 1. The first-order valence-corrected chi connectivity index (χ1v) is 11.9. The molecule has 36 heavy (non-hydrogen) atoms. The minimum atomic E-state index is -0.417. The van der Waals surface area contributed by atoms with E-state index in [0.717, 1.165) is 16.8 Å². The fourth-order valence-corrected chi connectivity index (χ4v) is 4.32. The van der Waals surface area contributed by atoms with E-state index in [1.807, 2.05) is 53.4 Å². The molecule has 7 nitrogen and oxygen atoms in total. The minimum absolute atomic E-state index is 0.0957. The summed E-state index contributed by atoms with van der Waals surface area (Å²) in [5, 5.41) is 6.63. The van der Waals surface area contributed by atoms with Crippen molar-refractivity contribution in [2.45, 2.75) is 0 Å². The molecule has 0 spiro atoms. The minimum Gasteiger partial charge on any atom is -0.451 e. The summed E-state index contributed by atoms with van der Waals surface area (Å²) in [4.78, 5) is 29.1. The summed E-state index contributed by atoms with van der Waals surface area (Å²) in [5.41, 5.74) is 2.77. The lowest BCUT2D eigenvalue weighted by molar-refractivity contribution is 0.0717. The van der Waals surface area contributed by atoms with Crippen LogP contribution in [0.3, 0.4) is 0 Å². The van der Waals surface area contributed by atoms with E-state index in [4.69, 9.17) is 16.6 Å². The van der Waals surface area contributed by atoms with Crippen LogP contribution in [0.4, 0.5) is 15.8 Å². The van der Waals surface area contributed by atoms with Crippen LogP contribution < -0.4 is 15.5 Å². The van der Waals surface area contributed by atoms with Gasteiger partial charge in [0.1, 0.15) is 11.4 Å². The summed E-state index contributed by atoms with van der Waals surface area (Å²) >= 11 is 5.22. The van der Waals surface area contributed by atoms with Crippen molar-refractivity contribution in [1.29, 1.82) is 0 Å². The molecular weight excluding hydrogens is 479 g/mol. The lowest BCUT2D eigenvalue weighted by atomic mass is 10.2. The van der Waals surface area contributed by atoms with Crippen LogP contribution in [-0.2, 0) is 0 Å². The number of piperazine rings is 1. The fourth-order valence-electron chi connectivity index (χ4n) is 4.11. The molecular formula is C27H23FN4O3S. The molecule has 9 heteroatoms. The van der Waals surface area contributed by atoms with E-state index in [-0.39, 0.29) is 11.0 Å². The number of nitrogens with one attached hydrogen (secondary N) is 2. The van der Waals surface area contributed by atoms with Gasteiger partial charge >= 0.3 is 0 Å². The van der Waals surface area contributed by atoms with E-state index in [1.54, 1.807) is 6.07 Å². The largest absolute Gasteiger partial charge is 0.451 e. The zero-order valence-electron chi connectivity index (χ0n) is 19.2. The molecule has 0 atom stereocenters. The maximum atomic E-state index is 13.0. The first kappa shape index (κ1) is 23.5. The Morgan fingerprint density at radius 1 is 0.889 bits per heavy atom. The van der Waals surface area contributed by atoms with Crippen molar-refractivity contribution in [3.63, 3.8) is 0 Å². The Balaban J connectivity index is 1.13. The van der Waals surface area contributed by atoms with Gasteiger partial charge in [-0.15, -0.1) is 0 Å². The number of carbonyl (C=O) groups excluding carboxylic acids is 2. The number of hydrogen-bond donors (Lipinski definition) is 2. The van der Waals surface area contributed by atoms with Crippen molar-refractivity contribution in [3.8, 4) is 0 Å². The van der Waals surface area contributed by atoms with Gasteiger partial charge in [0.15, 0.2) is 10.9 Å². The van der Waals surface area contributed by atoms with Gasteiger partial charge in [0, 0.05) is 48.5 Å². The molecule has 0 unspecified atom stereocenters. The van der Waals surface area contributed by atoms with E-state index < -0.39 is 11.7 Å². The second-order valence-corrected chi connectivity index (χ2v) is 8.80. The number of para-hydroxylation sites is 1. The van der Waals surface area contributed by atoms with Crippen molar-refractivity contribution in [2.24, 2.45) is 0 Å². The number of amides is 2. The van der Waals surface area contributed by atoms with Gasteiger partial charge in [-0.3, -0.25) is 14.9 Å². The molecule has 2 amide bonds. The van der Waals surface area contributed by atoms with Crippen LogP contribution in [0.5, 0.6) is 0 Å². The third-order valence-electron chi connectivity index (χ3n) is 6.03. The van der Waals surface area contributed by atoms with Gasteiger partial charge in [-0.1, -0.05) is 18.2 Å². The van der Waals surface area contributed by atoms with Crippen LogP contribution in [0.2, 0.25) is 0 Å². The molecule has 2 N–H and O–H groups in total. The molecule has 1 aromatic heterocycles. The van der Waals surface area contributed by atoms with Gasteiger partial charge in [0.2, 0.25) is 0 Å². The molecule has 0 aliphatic carbocycles. The van der Waals surface area contributed by atoms with Crippen molar-refractivity contribution in [3.05, 3.63) is 96.0 Å². The lowest BCUT2D eigenvalue weighted by Crippen LogP contribution is -2.48. The summed E-state index contributed by atoms with van der Waals surface area (Å²) in [5.74, 6) is -0.560. The van der Waals surface area contributed by atoms with E-state index in [2.05, 4.69) is 15.5 Å². The number of fused-ring (bicyclic) bond motifs is 1. The SMILES string of the molecule is O=C(NC(=S)Nc1ccc(N2CCN(C(=O)c3cc4ccccc4o3)CC2)cc1)c1ccc(F)cc1. The average molecular weight is 503 g/mol. The molecule has 0 saturated carbocycles. The topological polar surface area (TPSA) is 77.8 Å². The predicted molar refractivity (Wildman–Crippen MR) is 141 cm³/mol. The van der Waals surface area contributed by atoms with Crippen LogP contribution >= 0.6 is 12.2 Å². The van der Waals surface area contributed by atoms with E-state index >= 15 is 0 Å². The monoisotopic (exact) mass is 502 g/mol. The second-order valence-electron chi connectivity index (χ2n) is 8.39. The highest BCUT2D eigenvalue weighted by atomic mass is 32.1. The molecule has 182 valence electrons. The van der Waals surface area contributed by atoms with Gasteiger partial charge in [0.05, 0.1) is 0 Å². The molecule has 1 saturated heterocycles. The number of hydrogen-bond acceptors (Lipinski definition) is 5. The van der Waals surface area contributed by atoms with E-state index in [0.29, 0.717) is 43.1 Å². The second kappa shape index (κ2) is 10.2. The molecule has 2 heterocycles. The first-order chi connectivity index (χ1) is 17.5. The molecule has 1 aliphatic heterocycles. The maximum Gasteiger partial charge on any atom is 0.289 e. The Morgan fingerprint density at radius 2 is 1.58 bits per heavy atom. The Kier molecular flexibility index (Phi) is 6.64. The van der Waals surface area contributed by atoms with Gasteiger partial charge in [-0.25, -0.2) is 4.39 Å². The molecule has 0 radical (unpaired) electrons. The molecule has 3 aromatic carbocycles. The zero-order chi connectivity index (χ0) is 25.1. The van der Waals surface area contributed by atoms with Gasteiger partial charge in [-0.05, 0) is 72.9 Å². The molecule has 4 aromatic rings. The highest BCUT2D eigenvalue weighted by molar-refractivity contribution is 7.80. The Bertz CT molecular complexity index is 1380. The number of nitrogens with zero attached hydrogens (tertiary/aromatic N) is 2. The fraction of sp³-hybridized carbons (Fsp3) is 0.148. The van der Waals surface area contributed by atoms with Crippen LogP contribution in [0.15, 0.2) is 83.3 Å². The number of carbonyl (C=O) groups is 2. The summed E-state index contributed by atoms with van der Waals surface area (Å²) in [6.45, 7) is 2.58. The van der Waals surface area contributed by atoms with Crippen molar-refractivity contribution < 1.29 is 18.4 Å². The third-order valence-corrected chi connectivity index (χ3v) is 6.23. The number of benzene rings is 3. The van der Waals surface area contributed by atoms with Gasteiger partial charge < -0.3 is 19.5 Å². The summed E-state index contributed by atoms with van der Waals surface area (Å²) in [7, 11) is 0. The molecule has 0 bridgehead atoms. The summed E-state index contributed by atoms with van der Waals surface area (Å²) < 4.78 is 18.8. The van der Waals surface area contributed by atoms with Crippen molar-refractivity contribution >= 4 is 51.5 Å². The van der Waals surface area contributed by atoms with Crippen molar-refractivity contribution in [1.82, 2.24) is 10.2 Å². The summed E-state index contributed by atoms with van der Waals surface area (Å²) in [6.07, 6.45) is 0. The number of anilines is 2. The van der Waals surface area contributed by atoms with Crippen LogP contribution in [-0.4, -0.2) is 48.0 Å². The van der Waals surface area contributed by atoms with Crippen LogP contribution in [0.1, 0.15) is 20.9 Å². The molecule has 1 aliphatic rings. The van der Waals surface area contributed by atoms with E-state index in [1.165, 1.54) is 24.3 Å². The quantitative estimate of drug-likeness (QED) is 0.395. The number of thiocarbonyl (C=S) groups is 1. The zero-order valence-corrected chi connectivity index (χ0v) is 20.1. The first-order valence-electron chi connectivity index (χ1n) is 11.5. The number of rotatable bonds is 4. The summed E-state index contributed by atoms with van der Waals surface area (Å²) in [6, 6.07) is 22.3. The lowest BCUT2D eigenvalue weighted by Gasteiger charge is -2.35. The predicted octanol–water partition coefficient (Wildman–Crippen LogP) is 4.66. The molecule has 1 fully saturated rings. The third kappa shape index (κ3) is 5.21. The number of furan rings is 1. The highest BCUT2D eigenvalue weighted by Gasteiger charge is 2.24. The smallest absolute Gasteiger partial charge is 0.289 e. The van der Waals surface area contributed by atoms with Gasteiger partial charge in [0.25, 0.3) is 11.8 Å². The Morgan fingerprint density at radius 3 is 2.28 bits per heavy atom. The Hall–Kier alpha value is -4.24. The van der Waals surface area contributed by atoms with Crippen molar-refractivity contribution in [2.75, 3.05) is 36.4 Å². The van der Waals surface area contributed by atoms with Crippen LogP contribution in [0, 0.1) is 5.82 Å². The van der Waals surface area contributed by atoms with Gasteiger partial charge in [-0.2, -0.15) is 0 Å². The van der Waals surface area contributed by atoms with E-state index in [9.17, 15) is 14.0 Å². The Labute approximate surface area is 212 Å². The standard InChI is InChI=1S/C27H23FN4O3S/c28-20-7-5-18(6-8-20)25(33)30-27(36)29-21-9-11-22(12-10-21)31-13-15-32(16-14-31)26(34)24-17-19-3-1-2-4-23(19)35-24/h1-12,17H,13-16H2,(H2,29,30,33,36). The maximum absolute atomic E-state index is 13.0. The van der Waals surface area contributed by atoms with Crippen LogP contribution in [0.25, 0.3) is 11.0 Å². The molecule has 5 rings (SSSR count).